The van der Waals surface area contributed by atoms with Crippen LogP contribution in [0.3, 0.4) is 0 Å². The Morgan fingerprint density at radius 3 is 2.85 bits per heavy atom. The lowest BCUT2D eigenvalue weighted by Crippen LogP contribution is -2.45. The number of hydrogen-bond acceptors (Lipinski definition) is 4. The average molecular weight is 316 g/mol. The maximum absolute atomic E-state index is 12.5. The number of nitrogens with zero attached hydrogens (tertiary/aromatic N) is 1. The molecule has 0 saturated carbocycles. The van der Waals surface area contributed by atoms with Crippen molar-refractivity contribution in [2.45, 2.75) is 30.9 Å². The maximum atomic E-state index is 12.5. The van der Waals surface area contributed by atoms with Crippen molar-refractivity contribution >= 4 is 27.3 Å². The second-order valence-corrected chi connectivity index (χ2v) is 8.41. The Balaban J connectivity index is 2.14. The Hall–Kier alpha value is -0.920. The van der Waals surface area contributed by atoms with Crippen molar-refractivity contribution in [3.05, 3.63) is 17.0 Å². The summed E-state index contributed by atoms with van der Waals surface area (Å²) in [4.78, 5) is 12.9. The standard InChI is InChI=1S/C13H20N2O3S2/c1-3-14-13(16)11-5-4-8-15(9-11)20(17,18)12-7-6-10(2)19-12/h6-7,11H,3-5,8-9H2,1-2H3,(H,14,16)/t11-/m1/s1. The molecule has 1 saturated heterocycles. The van der Waals surface area contributed by atoms with Gasteiger partial charge in [-0.2, -0.15) is 4.31 Å². The van der Waals surface area contributed by atoms with Gasteiger partial charge in [0.25, 0.3) is 10.0 Å². The van der Waals surface area contributed by atoms with E-state index in [2.05, 4.69) is 5.32 Å². The second kappa shape index (κ2) is 6.24. The third-order valence-corrected chi connectivity index (χ3v) is 6.75. The Morgan fingerprint density at radius 2 is 2.25 bits per heavy atom. The van der Waals surface area contributed by atoms with E-state index in [4.69, 9.17) is 0 Å². The molecule has 1 fully saturated rings. The van der Waals surface area contributed by atoms with Crippen LogP contribution in [0.15, 0.2) is 16.3 Å². The molecule has 1 aliphatic heterocycles. The number of piperidine rings is 1. The van der Waals surface area contributed by atoms with Gasteiger partial charge in [-0.05, 0) is 38.8 Å². The molecule has 2 heterocycles. The summed E-state index contributed by atoms with van der Waals surface area (Å²) in [6.45, 7) is 5.10. The van der Waals surface area contributed by atoms with Crippen LogP contribution in [0, 0.1) is 12.8 Å². The minimum absolute atomic E-state index is 0.0465. The molecule has 20 heavy (non-hydrogen) atoms. The topological polar surface area (TPSA) is 66.5 Å². The number of sulfonamides is 1. The van der Waals surface area contributed by atoms with E-state index in [9.17, 15) is 13.2 Å². The van der Waals surface area contributed by atoms with Crippen LogP contribution >= 0.6 is 11.3 Å². The first-order valence-electron chi connectivity index (χ1n) is 6.79. The molecular weight excluding hydrogens is 296 g/mol. The highest BCUT2D eigenvalue weighted by atomic mass is 32.2. The molecule has 112 valence electrons. The molecule has 7 heteroatoms. The van der Waals surface area contributed by atoms with Gasteiger partial charge >= 0.3 is 0 Å². The van der Waals surface area contributed by atoms with Gasteiger partial charge in [-0.3, -0.25) is 4.79 Å². The van der Waals surface area contributed by atoms with Crippen molar-refractivity contribution in [1.29, 1.82) is 0 Å². The molecular formula is C13H20N2O3S2. The van der Waals surface area contributed by atoms with Crippen molar-refractivity contribution < 1.29 is 13.2 Å². The van der Waals surface area contributed by atoms with E-state index in [-0.39, 0.29) is 18.4 Å². The Bertz CT molecular complexity index is 580. The van der Waals surface area contributed by atoms with Crippen molar-refractivity contribution in [2.24, 2.45) is 5.92 Å². The number of hydrogen-bond donors (Lipinski definition) is 1. The summed E-state index contributed by atoms with van der Waals surface area (Å²) in [6, 6.07) is 3.45. The molecule has 1 N–H and O–H groups in total. The largest absolute Gasteiger partial charge is 0.356 e. The zero-order chi connectivity index (χ0) is 14.8. The Kier molecular flexibility index (Phi) is 4.82. The van der Waals surface area contributed by atoms with Gasteiger partial charge in [0.1, 0.15) is 4.21 Å². The first-order chi connectivity index (χ1) is 9.45. The van der Waals surface area contributed by atoms with Crippen molar-refractivity contribution in [3.8, 4) is 0 Å². The number of carbonyl (C=O) groups is 1. The molecule has 0 unspecified atom stereocenters. The Morgan fingerprint density at radius 1 is 1.50 bits per heavy atom. The number of aryl methyl sites for hydroxylation is 1. The van der Waals surface area contributed by atoms with Gasteiger partial charge in [0.2, 0.25) is 5.91 Å². The van der Waals surface area contributed by atoms with Gasteiger partial charge in [0, 0.05) is 24.5 Å². The molecule has 1 amide bonds. The summed E-state index contributed by atoms with van der Waals surface area (Å²) in [7, 11) is -3.45. The minimum atomic E-state index is -3.45. The molecule has 0 aromatic carbocycles. The van der Waals surface area contributed by atoms with E-state index in [1.54, 1.807) is 6.07 Å². The van der Waals surface area contributed by atoms with Crippen LogP contribution in [0.25, 0.3) is 0 Å². The zero-order valence-electron chi connectivity index (χ0n) is 11.8. The fraction of sp³-hybridized carbons (Fsp3) is 0.615. The summed E-state index contributed by atoms with van der Waals surface area (Å²) in [5, 5.41) is 2.77. The number of nitrogens with one attached hydrogen (secondary N) is 1. The van der Waals surface area contributed by atoms with Crippen LogP contribution in [-0.4, -0.2) is 38.3 Å². The molecule has 0 bridgehead atoms. The summed E-state index contributed by atoms with van der Waals surface area (Å²) in [5.74, 6) is -0.283. The monoisotopic (exact) mass is 316 g/mol. The molecule has 0 radical (unpaired) electrons. The molecule has 1 aromatic heterocycles. The van der Waals surface area contributed by atoms with E-state index in [1.807, 2.05) is 19.9 Å². The van der Waals surface area contributed by atoms with Crippen LogP contribution < -0.4 is 5.32 Å². The smallest absolute Gasteiger partial charge is 0.252 e. The van der Waals surface area contributed by atoms with E-state index in [0.717, 1.165) is 17.7 Å². The highest BCUT2D eigenvalue weighted by Gasteiger charge is 2.33. The summed E-state index contributed by atoms with van der Waals surface area (Å²) < 4.78 is 26.9. The molecule has 1 atom stereocenters. The van der Waals surface area contributed by atoms with Crippen molar-refractivity contribution in [2.75, 3.05) is 19.6 Å². The van der Waals surface area contributed by atoms with Crippen LogP contribution in [0.5, 0.6) is 0 Å². The van der Waals surface area contributed by atoms with Crippen LogP contribution in [0.2, 0.25) is 0 Å². The average Bonchev–Trinajstić information content (AvgIpc) is 2.86. The quantitative estimate of drug-likeness (QED) is 0.917. The first-order valence-corrected chi connectivity index (χ1v) is 9.05. The summed E-state index contributed by atoms with van der Waals surface area (Å²) >= 11 is 1.28. The summed E-state index contributed by atoms with van der Waals surface area (Å²) in [6.07, 6.45) is 1.48. The normalized spacial score (nSPS) is 20.8. The molecule has 5 nitrogen and oxygen atoms in total. The number of rotatable bonds is 4. The Labute approximate surface area is 124 Å². The second-order valence-electron chi connectivity index (χ2n) is 4.96. The highest BCUT2D eigenvalue weighted by Crippen LogP contribution is 2.28. The van der Waals surface area contributed by atoms with Gasteiger partial charge in [0.05, 0.1) is 5.92 Å². The lowest BCUT2D eigenvalue weighted by atomic mass is 9.99. The lowest BCUT2D eigenvalue weighted by molar-refractivity contribution is -0.125. The van der Waals surface area contributed by atoms with Gasteiger partial charge in [-0.25, -0.2) is 8.42 Å². The van der Waals surface area contributed by atoms with Gasteiger partial charge < -0.3 is 5.32 Å². The highest BCUT2D eigenvalue weighted by molar-refractivity contribution is 7.91. The number of amides is 1. The molecule has 2 rings (SSSR count). The molecule has 1 aliphatic rings. The van der Waals surface area contributed by atoms with Gasteiger partial charge in [0.15, 0.2) is 0 Å². The number of carbonyl (C=O) groups excluding carboxylic acids is 1. The van der Waals surface area contributed by atoms with E-state index < -0.39 is 10.0 Å². The molecule has 0 aliphatic carbocycles. The van der Waals surface area contributed by atoms with E-state index >= 15 is 0 Å². The van der Waals surface area contributed by atoms with E-state index in [1.165, 1.54) is 15.6 Å². The fourth-order valence-corrected chi connectivity index (χ4v) is 5.33. The van der Waals surface area contributed by atoms with Crippen molar-refractivity contribution in [1.82, 2.24) is 9.62 Å². The summed E-state index contributed by atoms with van der Waals surface area (Å²) in [5.41, 5.74) is 0. The fourth-order valence-electron chi connectivity index (χ4n) is 2.37. The zero-order valence-corrected chi connectivity index (χ0v) is 13.4. The van der Waals surface area contributed by atoms with Gasteiger partial charge in [-0.15, -0.1) is 11.3 Å². The molecule has 1 aromatic rings. The van der Waals surface area contributed by atoms with Crippen molar-refractivity contribution in [3.63, 3.8) is 0 Å². The maximum Gasteiger partial charge on any atom is 0.252 e. The third-order valence-electron chi connectivity index (χ3n) is 3.42. The predicted octanol–water partition coefficient (Wildman–Crippen LogP) is 1.59. The SMILES string of the molecule is CCNC(=O)[C@@H]1CCCN(S(=O)(=O)c2ccc(C)s2)C1. The van der Waals surface area contributed by atoms with Crippen LogP contribution in [0.1, 0.15) is 24.6 Å². The van der Waals surface area contributed by atoms with E-state index in [0.29, 0.717) is 17.3 Å². The lowest BCUT2D eigenvalue weighted by Gasteiger charge is -2.30. The predicted molar refractivity (Wildman–Crippen MR) is 79.2 cm³/mol. The number of thiophene rings is 1. The van der Waals surface area contributed by atoms with Crippen LogP contribution in [-0.2, 0) is 14.8 Å². The third kappa shape index (κ3) is 3.21. The molecule has 0 spiro atoms. The minimum Gasteiger partial charge on any atom is -0.356 e. The van der Waals surface area contributed by atoms with Gasteiger partial charge in [-0.1, -0.05) is 0 Å². The first kappa shape index (κ1) is 15.5. The van der Waals surface area contributed by atoms with Crippen LogP contribution in [0.4, 0.5) is 0 Å².